The number of aromatic nitrogens is 4. The van der Waals surface area contributed by atoms with Crippen molar-refractivity contribution >= 4 is 46.2 Å². The van der Waals surface area contributed by atoms with Crippen molar-refractivity contribution in [2.24, 2.45) is 5.92 Å². The van der Waals surface area contributed by atoms with E-state index in [0.29, 0.717) is 53.5 Å². The Morgan fingerprint density at radius 1 is 1.22 bits per heavy atom. The molecule has 0 saturated heterocycles. The predicted octanol–water partition coefficient (Wildman–Crippen LogP) is 7.88. The van der Waals surface area contributed by atoms with Crippen LogP contribution in [0, 0.1) is 17.6 Å². The number of halogens is 3. The van der Waals surface area contributed by atoms with Gasteiger partial charge in [-0.25, -0.2) is 18.7 Å². The minimum Gasteiger partial charge on any atom is -0.471 e. The molecule has 1 amide bonds. The molecule has 5 aromatic rings. The van der Waals surface area contributed by atoms with Crippen LogP contribution in [0.25, 0.3) is 33.4 Å². The van der Waals surface area contributed by atoms with Crippen LogP contribution in [-0.2, 0) is 20.9 Å². The standard InChI is InChI=1S/C34H36F2N6O2S.C2H4O2.CH3Cl/c1-5-12-41(33(43)30(37-4)18(2)3)17-27-38-15-23(40-27)20-13-22(35)28-25(14-20)44-34(26-16-39-32(45-26)19-10-11-19)42-24-9-7-6-8-21(24)29(36)31(28)42;1-4-2-3;1-2/h6-9,13-16,18-19,30,34,37H,5,10-12,17H2,1-4H3,(H,38,40);2H,1H3;1H3. The Morgan fingerprint density at radius 3 is 2.59 bits per heavy atom. The van der Waals surface area contributed by atoms with Gasteiger partial charge >= 0.3 is 0 Å². The number of nitrogens with zero attached hydrogens (tertiary/aromatic N) is 4. The molecule has 1 aliphatic carbocycles. The third kappa shape index (κ3) is 7.80. The molecular formula is C37H43ClF2N6O4S. The topological polar surface area (TPSA) is 114 Å². The molecule has 2 aromatic carbocycles. The molecule has 1 fully saturated rings. The van der Waals surface area contributed by atoms with Crippen LogP contribution in [0.15, 0.2) is 48.8 Å². The molecule has 2 aliphatic rings. The maximum absolute atomic E-state index is 16.1. The average molecular weight is 741 g/mol. The van der Waals surface area contributed by atoms with Gasteiger partial charge in [-0.1, -0.05) is 32.9 Å². The normalized spacial score (nSPS) is 15.1. The Hall–Kier alpha value is -4.33. The summed E-state index contributed by atoms with van der Waals surface area (Å²) < 4.78 is 44.4. The van der Waals surface area contributed by atoms with Crippen molar-refractivity contribution in [3.63, 3.8) is 0 Å². The number of hydrogen-bond donors (Lipinski definition) is 2. The van der Waals surface area contributed by atoms with E-state index in [1.807, 2.05) is 32.9 Å². The van der Waals surface area contributed by atoms with E-state index in [9.17, 15) is 4.79 Å². The number of carbonyl (C=O) groups excluding carboxylic acids is 2. The van der Waals surface area contributed by atoms with E-state index in [0.717, 1.165) is 29.1 Å². The van der Waals surface area contributed by atoms with Crippen LogP contribution in [0.4, 0.5) is 8.78 Å². The number of likely N-dealkylation sites (N-methyl/N-ethyl adjacent to an activating group) is 1. The van der Waals surface area contributed by atoms with Crippen LogP contribution in [-0.4, -0.2) is 69.9 Å². The highest BCUT2D eigenvalue weighted by Crippen LogP contribution is 2.50. The zero-order valence-electron chi connectivity index (χ0n) is 29.5. The molecule has 0 radical (unpaired) electrons. The SMILES string of the molecule is CCCN(Cc1ncc(-c2cc(F)c3c(c2)OC(c2cnc(C4CC4)s2)n2c-3c(F)c3ccccc32)[nH]1)C(=O)C(NC)C(C)C.CCl.COC=O. The Kier molecular flexibility index (Phi) is 12.5. The molecule has 2 unspecified atom stereocenters. The lowest BCUT2D eigenvalue weighted by molar-refractivity contribution is -0.135. The van der Waals surface area contributed by atoms with E-state index in [1.54, 1.807) is 58.4 Å². The van der Waals surface area contributed by atoms with E-state index < -0.39 is 17.9 Å². The molecule has 14 heteroatoms. The second-order valence-corrected chi connectivity index (χ2v) is 13.7. The Morgan fingerprint density at radius 2 is 1.94 bits per heavy atom. The number of rotatable bonds is 11. The van der Waals surface area contributed by atoms with Crippen LogP contribution in [0.1, 0.15) is 67.9 Å². The van der Waals surface area contributed by atoms with Crippen LogP contribution < -0.4 is 10.1 Å². The third-order valence-electron chi connectivity index (χ3n) is 8.75. The fourth-order valence-electron chi connectivity index (χ4n) is 6.29. The zero-order chi connectivity index (χ0) is 36.8. The van der Waals surface area contributed by atoms with E-state index in [-0.39, 0.29) is 34.9 Å². The maximum atomic E-state index is 16.1. The number of H-pyrrole nitrogens is 1. The third-order valence-corrected chi connectivity index (χ3v) is 9.94. The van der Waals surface area contributed by atoms with Crippen molar-refractivity contribution in [2.45, 2.75) is 64.8 Å². The Balaban J connectivity index is 0.000000787. The molecule has 1 saturated carbocycles. The number of para-hydroxylation sites is 1. The van der Waals surface area contributed by atoms with Gasteiger partial charge in [-0.05, 0) is 56.5 Å². The molecule has 1 aliphatic heterocycles. The molecule has 4 heterocycles. The van der Waals surface area contributed by atoms with Crippen molar-refractivity contribution in [1.82, 2.24) is 29.7 Å². The lowest BCUT2D eigenvalue weighted by Gasteiger charge is -2.29. The Bertz CT molecular complexity index is 1970. The highest BCUT2D eigenvalue weighted by Gasteiger charge is 2.37. The first kappa shape index (κ1) is 37.9. The monoisotopic (exact) mass is 740 g/mol. The number of carbonyl (C=O) groups is 2. The van der Waals surface area contributed by atoms with Crippen molar-refractivity contribution < 1.29 is 27.8 Å². The quantitative estimate of drug-likeness (QED) is 0.105. The number of methoxy groups -OCH3 is 1. The summed E-state index contributed by atoms with van der Waals surface area (Å²) >= 11 is 6.20. The van der Waals surface area contributed by atoms with Gasteiger partial charge in [0, 0.05) is 36.0 Å². The second kappa shape index (κ2) is 16.8. The van der Waals surface area contributed by atoms with E-state index in [2.05, 4.69) is 36.6 Å². The summed E-state index contributed by atoms with van der Waals surface area (Å²) in [7, 11) is 3.11. The minimum atomic E-state index is -0.700. The first-order valence-electron chi connectivity index (χ1n) is 16.8. The van der Waals surface area contributed by atoms with Crippen LogP contribution in [0.2, 0.25) is 0 Å². The molecule has 0 bridgehead atoms. The van der Waals surface area contributed by atoms with E-state index in [4.69, 9.17) is 9.53 Å². The van der Waals surface area contributed by atoms with E-state index >= 15 is 8.78 Å². The summed E-state index contributed by atoms with van der Waals surface area (Å²) in [6.45, 7) is 7.31. The fourth-order valence-corrected chi connectivity index (χ4v) is 7.40. The van der Waals surface area contributed by atoms with Crippen molar-refractivity contribution in [2.75, 3.05) is 27.1 Å². The number of thiazole rings is 1. The summed E-state index contributed by atoms with van der Waals surface area (Å²) in [4.78, 5) is 37.3. The van der Waals surface area contributed by atoms with Gasteiger partial charge in [0.1, 0.15) is 17.4 Å². The minimum absolute atomic E-state index is 0.0110. The van der Waals surface area contributed by atoms with Gasteiger partial charge in [0.05, 0.1) is 58.2 Å². The first-order chi connectivity index (χ1) is 24.7. The number of hydrogen-bond acceptors (Lipinski definition) is 8. The van der Waals surface area contributed by atoms with Gasteiger partial charge < -0.3 is 24.7 Å². The lowest BCUT2D eigenvalue weighted by atomic mass is 10.0. The summed E-state index contributed by atoms with van der Waals surface area (Å²) in [6.07, 6.45) is 7.24. The fraction of sp³-hybridized carbons (Fsp3) is 0.405. The average Bonchev–Trinajstić information content (AvgIpc) is 3.54. The lowest BCUT2D eigenvalue weighted by Crippen LogP contribution is -2.48. The number of alkyl halides is 1. The predicted molar refractivity (Wildman–Crippen MR) is 196 cm³/mol. The zero-order valence-corrected chi connectivity index (χ0v) is 31.1. The number of imidazole rings is 1. The van der Waals surface area contributed by atoms with Gasteiger partial charge in [-0.2, -0.15) is 0 Å². The van der Waals surface area contributed by atoms with Crippen LogP contribution in [0.5, 0.6) is 5.75 Å². The van der Waals surface area contributed by atoms with Gasteiger partial charge in [0.25, 0.3) is 6.47 Å². The summed E-state index contributed by atoms with van der Waals surface area (Å²) in [5, 5.41) is 4.59. The van der Waals surface area contributed by atoms with Gasteiger partial charge in [-0.3, -0.25) is 14.2 Å². The smallest absolute Gasteiger partial charge is 0.292 e. The highest BCUT2D eigenvalue weighted by atomic mass is 35.5. The second-order valence-electron chi connectivity index (χ2n) is 12.6. The maximum Gasteiger partial charge on any atom is 0.292 e. The summed E-state index contributed by atoms with van der Waals surface area (Å²) in [5.41, 5.74) is 1.97. The molecule has 272 valence electrons. The molecule has 51 heavy (non-hydrogen) atoms. The Labute approximate surface area is 305 Å². The molecule has 2 N–H and O–H groups in total. The number of benzene rings is 2. The van der Waals surface area contributed by atoms with Gasteiger partial charge in [-0.15, -0.1) is 22.9 Å². The van der Waals surface area contributed by atoms with Gasteiger partial charge in [0.15, 0.2) is 5.82 Å². The van der Waals surface area contributed by atoms with E-state index in [1.165, 1.54) is 19.6 Å². The number of amides is 1. The van der Waals surface area contributed by atoms with Crippen LogP contribution >= 0.6 is 22.9 Å². The highest BCUT2D eigenvalue weighted by molar-refractivity contribution is 7.11. The molecular weight excluding hydrogens is 698 g/mol. The largest absolute Gasteiger partial charge is 0.471 e. The molecule has 0 spiro atoms. The first-order valence-corrected chi connectivity index (χ1v) is 18.4. The number of ether oxygens (including phenoxy) is 2. The number of fused-ring (bicyclic) bond motifs is 5. The number of nitrogens with one attached hydrogen (secondary N) is 2. The molecule has 3 aromatic heterocycles. The summed E-state index contributed by atoms with van der Waals surface area (Å²) in [6, 6.07) is 9.97. The van der Waals surface area contributed by atoms with Crippen LogP contribution in [0.3, 0.4) is 0 Å². The van der Waals surface area contributed by atoms with Crippen molar-refractivity contribution in [3.8, 4) is 28.3 Å². The van der Waals surface area contributed by atoms with Gasteiger partial charge in [0.2, 0.25) is 12.1 Å². The van der Waals surface area contributed by atoms with Crippen molar-refractivity contribution in [3.05, 3.63) is 76.1 Å². The summed E-state index contributed by atoms with van der Waals surface area (Å²) in [5.74, 6) is 0.365. The molecule has 2 atom stereocenters. The molecule has 7 rings (SSSR count). The molecule has 10 nitrogen and oxygen atoms in total. The number of aromatic amines is 1. The van der Waals surface area contributed by atoms with Crippen molar-refractivity contribution in [1.29, 1.82) is 0 Å².